The van der Waals surface area contributed by atoms with Gasteiger partial charge < -0.3 is 15.0 Å². The van der Waals surface area contributed by atoms with Gasteiger partial charge >= 0.3 is 0 Å². The van der Waals surface area contributed by atoms with Crippen LogP contribution in [-0.2, 0) is 22.6 Å². The molecule has 1 saturated heterocycles. The maximum atomic E-state index is 13.7. The predicted molar refractivity (Wildman–Crippen MR) is 79.2 cm³/mol. The summed E-state index contributed by atoms with van der Waals surface area (Å²) in [5, 5.41) is 2.87. The van der Waals surface area contributed by atoms with Gasteiger partial charge in [0, 0.05) is 25.3 Å². The molecular weight excluding hydrogens is 271 g/mol. The molecule has 5 heteroatoms. The van der Waals surface area contributed by atoms with Crippen LogP contribution in [0.5, 0.6) is 0 Å². The van der Waals surface area contributed by atoms with Crippen LogP contribution >= 0.6 is 0 Å². The third-order valence-electron chi connectivity index (χ3n) is 3.52. The van der Waals surface area contributed by atoms with E-state index in [1.807, 2.05) is 25.1 Å². The number of benzene rings is 1. The van der Waals surface area contributed by atoms with Gasteiger partial charge in [-0.2, -0.15) is 0 Å². The number of halogens is 1. The molecule has 1 atom stereocenters. The van der Waals surface area contributed by atoms with Crippen molar-refractivity contribution < 1.29 is 13.9 Å². The first-order valence-electron chi connectivity index (χ1n) is 7.35. The number of carbonyl (C=O) groups is 1. The molecule has 0 aromatic heterocycles. The Labute approximate surface area is 125 Å². The van der Waals surface area contributed by atoms with Crippen molar-refractivity contribution in [1.82, 2.24) is 10.2 Å². The minimum atomic E-state index is -0.210. The van der Waals surface area contributed by atoms with Crippen molar-refractivity contribution >= 4 is 5.91 Å². The molecule has 1 aliphatic rings. The second-order valence-corrected chi connectivity index (χ2v) is 5.78. The third-order valence-corrected chi connectivity index (χ3v) is 3.52. The van der Waals surface area contributed by atoms with Crippen molar-refractivity contribution in [3.63, 3.8) is 0 Å². The van der Waals surface area contributed by atoms with E-state index in [4.69, 9.17) is 4.74 Å². The molecule has 1 amide bonds. The van der Waals surface area contributed by atoms with Crippen LogP contribution in [-0.4, -0.2) is 37.6 Å². The monoisotopic (exact) mass is 294 g/mol. The highest BCUT2D eigenvalue weighted by atomic mass is 19.1. The lowest BCUT2D eigenvalue weighted by Gasteiger charge is -2.13. The number of nitrogens with one attached hydrogen (secondary N) is 1. The van der Waals surface area contributed by atoms with Crippen LogP contribution in [0.1, 0.15) is 30.4 Å². The normalized spacial score (nSPS) is 18.2. The number of hydrogen-bond donors (Lipinski definition) is 1. The summed E-state index contributed by atoms with van der Waals surface area (Å²) in [5.74, 6) is -0.224. The van der Waals surface area contributed by atoms with Gasteiger partial charge in [0.15, 0.2) is 0 Å². The van der Waals surface area contributed by atoms with Crippen molar-refractivity contribution in [2.24, 2.45) is 0 Å². The Hall–Kier alpha value is -1.46. The van der Waals surface area contributed by atoms with E-state index >= 15 is 0 Å². The average molecular weight is 294 g/mol. The van der Waals surface area contributed by atoms with Crippen molar-refractivity contribution in [2.45, 2.75) is 38.5 Å². The molecule has 0 bridgehead atoms. The molecule has 1 aliphatic heterocycles. The zero-order valence-electron chi connectivity index (χ0n) is 12.7. The van der Waals surface area contributed by atoms with Crippen LogP contribution in [0, 0.1) is 5.82 Å². The molecule has 1 aromatic rings. The molecule has 1 heterocycles. The lowest BCUT2D eigenvalue weighted by molar-refractivity contribution is -0.123. The fourth-order valence-electron chi connectivity index (χ4n) is 2.48. The van der Waals surface area contributed by atoms with Gasteiger partial charge in [0.1, 0.15) is 5.82 Å². The lowest BCUT2D eigenvalue weighted by atomic mass is 10.1. The molecular formula is C16H23FN2O2. The minimum Gasteiger partial charge on any atom is -0.378 e. The second kappa shape index (κ2) is 7.52. The Morgan fingerprint density at radius 3 is 2.95 bits per heavy atom. The summed E-state index contributed by atoms with van der Waals surface area (Å²) in [7, 11) is 3.80. The zero-order valence-corrected chi connectivity index (χ0v) is 12.7. The number of nitrogens with zero attached hydrogens (tertiary/aromatic N) is 1. The number of ether oxygens (including phenoxy) is 1. The summed E-state index contributed by atoms with van der Waals surface area (Å²) in [5.41, 5.74) is 1.56. The number of hydrogen-bond acceptors (Lipinski definition) is 3. The maximum Gasteiger partial charge on any atom is 0.222 e. The highest BCUT2D eigenvalue weighted by Crippen LogP contribution is 2.15. The standard InChI is InChI=1S/C16H23FN2O2/c1-19(2)11-13-8-12(5-6-15(13)17)10-18-16(20)9-14-4-3-7-21-14/h5-6,8,14H,3-4,7,9-11H2,1-2H3,(H,18,20). The van der Waals surface area contributed by atoms with E-state index in [2.05, 4.69) is 5.32 Å². The van der Waals surface area contributed by atoms with Crippen molar-refractivity contribution in [2.75, 3.05) is 20.7 Å². The van der Waals surface area contributed by atoms with E-state index in [1.54, 1.807) is 6.07 Å². The molecule has 4 nitrogen and oxygen atoms in total. The Balaban J connectivity index is 1.85. The van der Waals surface area contributed by atoms with Crippen LogP contribution in [0.25, 0.3) is 0 Å². The van der Waals surface area contributed by atoms with Gasteiger partial charge in [-0.25, -0.2) is 4.39 Å². The summed E-state index contributed by atoms with van der Waals surface area (Å²) in [4.78, 5) is 13.7. The highest BCUT2D eigenvalue weighted by Gasteiger charge is 2.18. The maximum absolute atomic E-state index is 13.7. The molecule has 21 heavy (non-hydrogen) atoms. The Morgan fingerprint density at radius 1 is 1.48 bits per heavy atom. The predicted octanol–water partition coefficient (Wildman–Crippen LogP) is 2.07. The van der Waals surface area contributed by atoms with E-state index in [0.717, 1.165) is 25.0 Å². The molecule has 1 fully saturated rings. The van der Waals surface area contributed by atoms with Crippen LogP contribution in [0.4, 0.5) is 4.39 Å². The summed E-state index contributed by atoms with van der Waals surface area (Å²) in [6.07, 6.45) is 2.45. The number of carbonyl (C=O) groups excluding carboxylic acids is 1. The molecule has 1 unspecified atom stereocenters. The lowest BCUT2D eigenvalue weighted by Crippen LogP contribution is -2.26. The smallest absolute Gasteiger partial charge is 0.222 e. The summed E-state index contributed by atoms with van der Waals surface area (Å²) >= 11 is 0. The molecule has 2 rings (SSSR count). The average Bonchev–Trinajstić information content (AvgIpc) is 2.92. The summed E-state index contributed by atoms with van der Waals surface area (Å²) in [6.45, 7) is 1.72. The van der Waals surface area contributed by atoms with E-state index in [1.165, 1.54) is 6.07 Å². The molecule has 0 spiro atoms. The number of rotatable bonds is 6. The van der Waals surface area contributed by atoms with Crippen LogP contribution in [0.15, 0.2) is 18.2 Å². The van der Waals surface area contributed by atoms with Crippen molar-refractivity contribution in [1.29, 1.82) is 0 Å². The van der Waals surface area contributed by atoms with Crippen LogP contribution in [0.2, 0.25) is 0 Å². The molecule has 1 aromatic carbocycles. The van der Waals surface area contributed by atoms with E-state index in [-0.39, 0.29) is 17.8 Å². The second-order valence-electron chi connectivity index (χ2n) is 5.78. The fraction of sp³-hybridized carbons (Fsp3) is 0.562. The van der Waals surface area contributed by atoms with Gasteiger partial charge in [0.25, 0.3) is 0 Å². The van der Waals surface area contributed by atoms with Crippen LogP contribution in [0.3, 0.4) is 0 Å². The van der Waals surface area contributed by atoms with E-state index < -0.39 is 0 Å². The van der Waals surface area contributed by atoms with E-state index in [0.29, 0.717) is 25.1 Å². The van der Waals surface area contributed by atoms with Crippen molar-refractivity contribution in [3.05, 3.63) is 35.1 Å². The Bertz CT molecular complexity index is 485. The van der Waals surface area contributed by atoms with Gasteiger partial charge in [-0.05, 0) is 44.6 Å². The highest BCUT2D eigenvalue weighted by molar-refractivity contribution is 5.76. The van der Waals surface area contributed by atoms with Crippen LogP contribution < -0.4 is 5.32 Å². The first-order chi connectivity index (χ1) is 10.0. The SMILES string of the molecule is CN(C)Cc1cc(CNC(=O)CC2CCCO2)ccc1F. The Kier molecular flexibility index (Phi) is 5.70. The molecule has 0 saturated carbocycles. The first-order valence-corrected chi connectivity index (χ1v) is 7.35. The molecule has 0 aliphatic carbocycles. The summed E-state index contributed by atoms with van der Waals surface area (Å²) in [6, 6.07) is 4.98. The van der Waals surface area contributed by atoms with Crippen molar-refractivity contribution in [3.8, 4) is 0 Å². The van der Waals surface area contributed by atoms with Gasteiger partial charge in [-0.15, -0.1) is 0 Å². The third kappa shape index (κ3) is 5.10. The first kappa shape index (κ1) is 15.9. The topological polar surface area (TPSA) is 41.6 Å². The molecule has 1 N–H and O–H groups in total. The Morgan fingerprint density at radius 2 is 2.29 bits per heavy atom. The molecule has 116 valence electrons. The minimum absolute atomic E-state index is 0.0135. The van der Waals surface area contributed by atoms with Gasteiger partial charge in [-0.1, -0.05) is 6.07 Å². The van der Waals surface area contributed by atoms with Gasteiger partial charge in [-0.3, -0.25) is 4.79 Å². The van der Waals surface area contributed by atoms with Gasteiger partial charge in [0.05, 0.1) is 12.5 Å². The largest absolute Gasteiger partial charge is 0.378 e. The van der Waals surface area contributed by atoms with E-state index in [9.17, 15) is 9.18 Å². The van der Waals surface area contributed by atoms with Gasteiger partial charge in [0.2, 0.25) is 5.91 Å². The zero-order chi connectivity index (χ0) is 15.2. The quantitative estimate of drug-likeness (QED) is 0.873. The fourth-order valence-corrected chi connectivity index (χ4v) is 2.48. The number of amides is 1. The summed E-state index contributed by atoms with van der Waals surface area (Å²) < 4.78 is 19.1. The molecule has 0 radical (unpaired) electrons.